The molecule has 1 fully saturated rings. The highest BCUT2D eigenvalue weighted by atomic mass is 16.6. The zero-order chi connectivity index (χ0) is 25.6. The lowest BCUT2D eigenvalue weighted by Crippen LogP contribution is -2.52. The molecule has 8 nitrogen and oxygen atoms in total. The summed E-state index contributed by atoms with van der Waals surface area (Å²) < 4.78 is 11.0. The number of ether oxygens (including phenoxy) is 2. The number of nitrogens with zero attached hydrogens (tertiary/aromatic N) is 1. The minimum atomic E-state index is -0.833. The van der Waals surface area contributed by atoms with Gasteiger partial charge in [-0.15, -0.1) is 0 Å². The molecule has 2 aliphatic rings. The summed E-state index contributed by atoms with van der Waals surface area (Å²) in [5.41, 5.74) is 6.63. The molecule has 3 N–H and O–H groups in total. The maximum absolute atomic E-state index is 13.8. The van der Waals surface area contributed by atoms with E-state index in [1.165, 1.54) is 11.3 Å². The monoisotopic (exact) mass is 487 g/mol. The lowest BCUT2D eigenvalue weighted by atomic mass is 9.88. The Balaban J connectivity index is 1.89. The maximum Gasteiger partial charge on any atom is 0.329 e. The van der Waals surface area contributed by atoms with Crippen molar-refractivity contribution in [1.82, 2.24) is 4.90 Å². The van der Waals surface area contributed by atoms with Gasteiger partial charge in [0.1, 0.15) is 17.4 Å². The van der Waals surface area contributed by atoms with Crippen molar-refractivity contribution in [3.63, 3.8) is 0 Å². The van der Waals surface area contributed by atoms with E-state index in [-0.39, 0.29) is 5.92 Å². The number of benzene rings is 1. The number of ketones is 1. The van der Waals surface area contributed by atoms with E-state index in [0.29, 0.717) is 38.2 Å². The molecule has 1 aromatic rings. The summed E-state index contributed by atoms with van der Waals surface area (Å²) in [6.45, 7) is 6.52. The Kier molecular flexibility index (Phi) is 9.16. The smallest absolute Gasteiger partial charge is 0.329 e. The van der Waals surface area contributed by atoms with Gasteiger partial charge in [-0.2, -0.15) is 0 Å². The average molecular weight is 488 g/mol. The van der Waals surface area contributed by atoms with Gasteiger partial charge in [-0.1, -0.05) is 25.3 Å². The second-order valence-electron chi connectivity index (χ2n) is 10.7. The second-order valence-corrected chi connectivity index (χ2v) is 10.7. The molecule has 0 aromatic heterocycles. The molecule has 0 radical (unpaired) electrons. The van der Waals surface area contributed by atoms with Gasteiger partial charge in [-0.25, -0.2) is 4.79 Å². The molecule has 0 bridgehead atoms. The van der Waals surface area contributed by atoms with Gasteiger partial charge in [0.2, 0.25) is 5.78 Å². The van der Waals surface area contributed by atoms with Gasteiger partial charge in [-0.3, -0.25) is 9.59 Å². The largest absolute Gasteiger partial charge is 0.497 e. The third kappa shape index (κ3) is 6.97. The first-order chi connectivity index (χ1) is 16.6. The molecule has 1 unspecified atom stereocenters. The summed E-state index contributed by atoms with van der Waals surface area (Å²) in [6.07, 6.45) is 6.28. The number of fused-ring (bicyclic) bond motifs is 1. The van der Waals surface area contributed by atoms with Crippen LogP contribution in [0.2, 0.25) is 0 Å². The molecule has 1 amide bonds. The molecule has 1 aliphatic heterocycles. The molecule has 1 aliphatic carbocycles. The number of amides is 1. The van der Waals surface area contributed by atoms with Crippen LogP contribution in [-0.2, 0) is 19.1 Å². The minimum Gasteiger partial charge on any atom is -0.497 e. The number of Topliss-reactive ketones (excluding diaryl/α,β-unsaturated/α-hetero) is 1. The van der Waals surface area contributed by atoms with Gasteiger partial charge in [0, 0.05) is 24.8 Å². The Labute approximate surface area is 208 Å². The van der Waals surface area contributed by atoms with E-state index >= 15 is 0 Å². The van der Waals surface area contributed by atoms with Crippen LogP contribution < -0.4 is 15.8 Å². The predicted molar refractivity (Wildman–Crippen MR) is 135 cm³/mol. The van der Waals surface area contributed by atoms with Crippen molar-refractivity contribution in [3.8, 4) is 5.75 Å². The van der Waals surface area contributed by atoms with Crippen molar-refractivity contribution in [2.45, 2.75) is 83.3 Å². The highest BCUT2D eigenvalue weighted by molar-refractivity contribution is 6.39. The predicted octanol–water partition coefficient (Wildman–Crippen LogP) is 3.63. The van der Waals surface area contributed by atoms with Crippen molar-refractivity contribution in [3.05, 3.63) is 23.8 Å². The number of hydrogen-bond acceptors (Lipinski definition) is 7. The van der Waals surface area contributed by atoms with Crippen LogP contribution in [0.25, 0.3) is 0 Å². The maximum atomic E-state index is 13.8. The number of hydrogen-bond donors (Lipinski definition) is 2. The summed E-state index contributed by atoms with van der Waals surface area (Å²) in [4.78, 5) is 42.2. The standard InChI is InChI=1S/C27H41N3O5/c1-27(2,3)35-26(33)23(11-8-14-28)30(17-18-9-6-5-7-10-18)25(32)24(31)21-16-29-22-15-19(34-4)12-13-20(21)22/h12-13,15,18,21,23,29H,5-11,14,16-17,28H2,1-4H3/t21?,23-/m0/s1. The van der Waals surface area contributed by atoms with E-state index in [2.05, 4.69) is 5.32 Å². The summed E-state index contributed by atoms with van der Waals surface area (Å²) >= 11 is 0. The Hall–Kier alpha value is -2.61. The van der Waals surface area contributed by atoms with Crippen molar-refractivity contribution >= 4 is 23.3 Å². The SMILES string of the molecule is COc1ccc2c(c1)NCC2C(=O)C(=O)N(CC1CCCCC1)[C@@H](CCCN)C(=O)OC(C)(C)C. The third-order valence-electron chi connectivity index (χ3n) is 6.84. The van der Waals surface area contributed by atoms with E-state index in [1.807, 2.05) is 12.1 Å². The molecule has 3 rings (SSSR count). The number of nitrogens with one attached hydrogen (secondary N) is 1. The zero-order valence-corrected chi connectivity index (χ0v) is 21.6. The van der Waals surface area contributed by atoms with E-state index in [0.717, 1.165) is 36.9 Å². The van der Waals surface area contributed by atoms with Crippen LogP contribution in [0.4, 0.5) is 5.69 Å². The van der Waals surface area contributed by atoms with Crippen LogP contribution in [0.3, 0.4) is 0 Å². The van der Waals surface area contributed by atoms with Gasteiger partial charge in [0.05, 0.1) is 13.0 Å². The van der Waals surface area contributed by atoms with Gasteiger partial charge >= 0.3 is 5.97 Å². The van der Waals surface area contributed by atoms with Crippen molar-refractivity contribution in [1.29, 1.82) is 0 Å². The van der Waals surface area contributed by atoms with E-state index < -0.39 is 35.2 Å². The first-order valence-electron chi connectivity index (χ1n) is 12.8. The molecule has 35 heavy (non-hydrogen) atoms. The van der Waals surface area contributed by atoms with Crippen molar-refractivity contribution in [2.24, 2.45) is 11.7 Å². The lowest BCUT2D eigenvalue weighted by Gasteiger charge is -2.36. The summed E-state index contributed by atoms with van der Waals surface area (Å²) in [6, 6.07) is 4.62. The topological polar surface area (TPSA) is 111 Å². The Bertz CT molecular complexity index is 905. The first-order valence-corrected chi connectivity index (χ1v) is 12.8. The number of carbonyl (C=O) groups excluding carboxylic acids is 3. The molecule has 1 aromatic carbocycles. The van der Waals surface area contributed by atoms with Crippen LogP contribution in [0, 0.1) is 5.92 Å². The van der Waals surface area contributed by atoms with Crippen molar-refractivity contribution in [2.75, 3.05) is 32.1 Å². The minimum absolute atomic E-state index is 0.265. The second kappa shape index (κ2) is 11.9. The Morgan fingerprint density at radius 2 is 1.89 bits per heavy atom. The van der Waals surface area contributed by atoms with Gasteiger partial charge in [0.15, 0.2) is 0 Å². The first kappa shape index (κ1) is 27.0. The fourth-order valence-electron chi connectivity index (χ4n) is 5.05. The molecular formula is C27H41N3O5. The molecule has 1 heterocycles. The van der Waals surface area contributed by atoms with Crippen LogP contribution in [0.1, 0.15) is 77.2 Å². The molecule has 8 heteroatoms. The van der Waals surface area contributed by atoms with Crippen LogP contribution in [0.5, 0.6) is 5.75 Å². The number of rotatable bonds is 10. The van der Waals surface area contributed by atoms with Gasteiger partial charge in [0.25, 0.3) is 5.91 Å². The van der Waals surface area contributed by atoms with E-state index in [4.69, 9.17) is 15.2 Å². The third-order valence-corrected chi connectivity index (χ3v) is 6.84. The number of anilines is 1. The summed E-state index contributed by atoms with van der Waals surface area (Å²) in [7, 11) is 1.59. The fraction of sp³-hybridized carbons (Fsp3) is 0.667. The highest BCUT2D eigenvalue weighted by Crippen LogP contribution is 2.36. The Morgan fingerprint density at radius 1 is 1.17 bits per heavy atom. The number of methoxy groups -OCH3 is 1. The van der Waals surface area contributed by atoms with Crippen molar-refractivity contribution < 1.29 is 23.9 Å². The number of carbonyl (C=O) groups is 3. The molecule has 1 saturated carbocycles. The lowest BCUT2D eigenvalue weighted by molar-refractivity contribution is -0.166. The highest BCUT2D eigenvalue weighted by Gasteiger charge is 2.41. The normalized spacial score (nSPS) is 18.8. The van der Waals surface area contributed by atoms with E-state index in [1.54, 1.807) is 33.9 Å². The molecule has 0 spiro atoms. The molecule has 194 valence electrons. The Morgan fingerprint density at radius 3 is 2.51 bits per heavy atom. The quantitative estimate of drug-likeness (QED) is 0.383. The summed E-state index contributed by atoms with van der Waals surface area (Å²) in [5.74, 6) is -1.25. The van der Waals surface area contributed by atoms with Crippen LogP contribution in [0.15, 0.2) is 18.2 Å². The average Bonchev–Trinajstić information content (AvgIpc) is 3.25. The van der Waals surface area contributed by atoms with Gasteiger partial charge in [-0.05, 0) is 70.5 Å². The van der Waals surface area contributed by atoms with E-state index in [9.17, 15) is 14.4 Å². The molecule has 0 saturated heterocycles. The fourth-order valence-corrected chi connectivity index (χ4v) is 5.05. The molecule has 2 atom stereocenters. The zero-order valence-electron chi connectivity index (χ0n) is 21.6. The summed E-state index contributed by atoms with van der Waals surface area (Å²) in [5, 5.41) is 3.22. The van der Waals surface area contributed by atoms with Crippen LogP contribution >= 0.6 is 0 Å². The van der Waals surface area contributed by atoms with Crippen LogP contribution in [-0.4, -0.2) is 60.9 Å². The number of esters is 1. The molecular weight excluding hydrogens is 446 g/mol. The van der Waals surface area contributed by atoms with Gasteiger partial charge < -0.3 is 25.4 Å². The number of nitrogens with two attached hydrogens (primary N) is 1.